The van der Waals surface area contributed by atoms with Crippen molar-refractivity contribution in [3.8, 4) is 34.3 Å². The first-order valence-corrected chi connectivity index (χ1v) is 9.38. The zero-order chi connectivity index (χ0) is 22.3. The quantitative estimate of drug-likeness (QED) is 0.290. The molecule has 1 fully saturated rings. The van der Waals surface area contributed by atoms with E-state index in [0.29, 0.717) is 5.56 Å². The molecule has 2 heterocycles. The van der Waals surface area contributed by atoms with Gasteiger partial charge in [0, 0.05) is 12.1 Å². The highest BCUT2D eigenvalue weighted by molar-refractivity contribution is 5.88. The van der Waals surface area contributed by atoms with Crippen molar-refractivity contribution < 1.29 is 49.6 Å². The Bertz CT molecular complexity index is 1080. The average Bonchev–Trinajstić information content (AvgIpc) is 2.75. The standard InChI is InChI=1S/C21H20O10/c22-8-16-17(26)18(27)19(28)21(31-16)30-15-6-11(24)5-14-12(15)7-13(25)20(29-14)9-1-3-10(23)4-2-9/h1-7,16-19,21-22,26-28H,8H2,(H2-,23,24,25)/p+1/t16-,17-,18+,19-,21-/m1/s1. The van der Waals surface area contributed by atoms with Crippen LogP contribution in [0.3, 0.4) is 0 Å². The maximum atomic E-state index is 10.5. The maximum absolute atomic E-state index is 10.5. The van der Waals surface area contributed by atoms with Crippen LogP contribution in [0.15, 0.2) is 46.9 Å². The average molecular weight is 433 g/mol. The van der Waals surface area contributed by atoms with Crippen LogP contribution in [-0.2, 0) is 4.74 Å². The van der Waals surface area contributed by atoms with E-state index in [1.165, 1.54) is 42.5 Å². The van der Waals surface area contributed by atoms with E-state index < -0.39 is 37.3 Å². The van der Waals surface area contributed by atoms with Gasteiger partial charge in [-0.1, -0.05) is 0 Å². The predicted molar refractivity (Wildman–Crippen MR) is 105 cm³/mol. The van der Waals surface area contributed by atoms with Gasteiger partial charge in [-0.2, -0.15) is 0 Å². The molecule has 0 radical (unpaired) electrons. The van der Waals surface area contributed by atoms with E-state index in [1.807, 2.05) is 0 Å². The Morgan fingerprint density at radius 1 is 0.871 bits per heavy atom. The lowest BCUT2D eigenvalue weighted by atomic mass is 9.99. The minimum Gasteiger partial charge on any atom is -0.508 e. The molecule has 0 saturated carbocycles. The predicted octanol–water partition coefficient (Wildman–Crippen LogP) is 0.676. The molecule has 0 amide bonds. The zero-order valence-corrected chi connectivity index (χ0v) is 16.0. The number of benzene rings is 2. The van der Waals surface area contributed by atoms with Crippen LogP contribution in [0.5, 0.6) is 23.0 Å². The lowest BCUT2D eigenvalue weighted by Gasteiger charge is -2.39. The summed E-state index contributed by atoms with van der Waals surface area (Å²) in [5.74, 6) is -0.440. The Morgan fingerprint density at radius 2 is 1.58 bits per heavy atom. The van der Waals surface area contributed by atoms with Crippen LogP contribution >= 0.6 is 0 Å². The van der Waals surface area contributed by atoms with Gasteiger partial charge in [0.05, 0.1) is 18.2 Å². The van der Waals surface area contributed by atoms with Crippen molar-refractivity contribution in [1.82, 2.24) is 0 Å². The lowest BCUT2D eigenvalue weighted by molar-refractivity contribution is -0.277. The fourth-order valence-electron chi connectivity index (χ4n) is 3.39. The largest absolute Gasteiger partial charge is 0.508 e. The summed E-state index contributed by atoms with van der Waals surface area (Å²) in [5, 5.41) is 69.6. The topological polar surface area (TPSA) is 171 Å². The van der Waals surface area contributed by atoms with Gasteiger partial charge in [-0.05, 0) is 24.3 Å². The Balaban J connectivity index is 1.73. The fraction of sp³-hybridized carbons (Fsp3) is 0.286. The molecule has 1 aliphatic heterocycles. The molecule has 0 spiro atoms. The molecule has 4 rings (SSSR count). The normalized spacial score (nSPS) is 26.1. The molecule has 2 aromatic carbocycles. The molecule has 5 atom stereocenters. The van der Waals surface area contributed by atoms with Gasteiger partial charge in [0.25, 0.3) is 0 Å². The zero-order valence-electron chi connectivity index (χ0n) is 16.0. The van der Waals surface area contributed by atoms with Gasteiger partial charge in [-0.3, -0.25) is 0 Å². The first-order chi connectivity index (χ1) is 14.8. The third-order valence-electron chi connectivity index (χ3n) is 5.04. The molecule has 10 heteroatoms. The molecule has 164 valence electrons. The highest BCUT2D eigenvalue weighted by Crippen LogP contribution is 2.40. The highest BCUT2D eigenvalue weighted by atomic mass is 16.7. The molecule has 7 N–H and O–H groups in total. The number of aliphatic hydroxyl groups excluding tert-OH is 4. The molecule has 1 aliphatic rings. The number of hydrogen-bond acceptors (Lipinski definition) is 9. The van der Waals surface area contributed by atoms with E-state index in [9.17, 15) is 35.7 Å². The number of aliphatic hydroxyl groups is 4. The summed E-state index contributed by atoms with van der Waals surface area (Å²) in [5.41, 5.74) is 0.595. The molecular weight excluding hydrogens is 412 g/mol. The number of fused-ring (bicyclic) bond motifs is 1. The fourth-order valence-corrected chi connectivity index (χ4v) is 3.39. The van der Waals surface area contributed by atoms with E-state index in [4.69, 9.17) is 13.9 Å². The van der Waals surface area contributed by atoms with Crippen molar-refractivity contribution in [1.29, 1.82) is 0 Å². The summed E-state index contributed by atoms with van der Waals surface area (Å²) in [6, 6.07) is 9.72. The molecule has 0 aliphatic carbocycles. The Hall–Kier alpha value is -3.15. The van der Waals surface area contributed by atoms with E-state index in [-0.39, 0.29) is 39.7 Å². The number of hydrogen-bond donors (Lipinski definition) is 7. The monoisotopic (exact) mass is 433 g/mol. The summed E-state index contributed by atoms with van der Waals surface area (Å²) >= 11 is 0. The summed E-state index contributed by atoms with van der Waals surface area (Å²) < 4.78 is 16.7. The Morgan fingerprint density at radius 3 is 2.26 bits per heavy atom. The number of aromatic hydroxyl groups is 3. The molecule has 1 saturated heterocycles. The second kappa shape index (κ2) is 8.17. The maximum Gasteiger partial charge on any atom is 0.401 e. The third-order valence-corrected chi connectivity index (χ3v) is 5.04. The second-order valence-electron chi connectivity index (χ2n) is 7.18. The Kier molecular flexibility index (Phi) is 5.56. The van der Waals surface area contributed by atoms with Crippen LogP contribution in [0, 0.1) is 0 Å². The van der Waals surface area contributed by atoms with Crippen molar-refractivity contribution in [3.63, 3.8) is 0 Å². The van der Waals surface area contributed by atoms with Crippen LogP contribution in [0.1, 0.15) is 0 Å². The van der Waals surface area contributed by atoms with Crippen LogP contribution in [0.4, 0.5) is 0 Å². The van der Waals surface area contributed by atoms with Crippen molar-refractivity contribution in [2.24, 2.45) is 0 Å². The first-order valence-electron chi connectivity index (χ1n) is 9.38. The molecule has 0 bridgehead atoms. The highest BCUT2D eigenvalue weighted by Gasteiger charge is 2.45. The van der Waals surface area contributed by atoms with Gasteiger partial charge in [-0.25, -0.2) is 4.42 Å². The van der Waals surface area contributed by atoms with Crippen molar-refractivity contribution in [3.05, 3.63) is 42.5 Å². The third kappa shape index (κ3) is 3.94. The van der Waals surface area contributed by atoms with E-state index in [1.54, 1.807) is 0 Å². The number of ether oxygens (including phenoxy) is 2. The van der Waals surface area contributed by atoms with Gasteiger partial charge in [0.1, 0.15) is 47.1 Å². The number of phenolic OH excluding ortho intramolecular Hbond substituents is 2. The number of rotatable bonds is 4. The van der Waals surface area contributed by atoms with Gasteiger partial charge >= 0.3 is 11.3 Å². The minimum absolute atomic E-state index is 0.0388. The van der Waals surface area contributed by atoms with Crippen molar-refractivity contribution >= 4 is 11.0 Å². The molecule has 0 unspecified atom stereocenters. The molecule has 3 aromatic rings. The summed E-state index contributed by atoms with van der Waals surface area (Å²) in [6.07, 6.45) is -7.51. The van der Waals surface area contributed by atoms with Crippen LogP contribution in [-0.4, -0.2) is 73.1 Å². The minimum atomic E-state index is -1.66. The molecule has 31 heavy (non-hydrogen) atoms. The molecule has 10 nitrogen and oxygen atoms in total. The molecular formula is C21H21O10+. The van der Waals surface area contributed by atoms with Gasteiger partial charge < -0.3 is 45.2 Å². The van der Waals surface area contributed by atoms with Gasteiger partial charge in [0.15, 0.2) is 0 Å². The lowest BCUT2D eigenvalue weighted by Crippen LogP contribution is -2.60. The summed E-state index contributed by atoms with van der Waals surface area (Å²) in [4.78, 5) is 0. The van der Waals surface area contributed by atoms with Crippen LogP contribution in [0.2, 0.25) is 0 Å². The first kappa shape index (κ1) is 21.1. The second-order valence-corrected chi connectivity index (χ2v) is 7.18. The SMILES string of the molecule is OC[C@H]1O[C@@H](Oc2cc(O)cc3[o+]c(-c4ccc(O)cc4)c(O)cc23)[C@H](O)[C@@H](O)[C@@H]1O. The van der Waals surface area contributed by atoms with Crippen LogP contribution in [0.25, 0.3) is 22.3 Å². The Labute approximate surface area is 175 Å². The van der Waals surface area contributed by atoms with E-state index in [2.05, 4.69) is 0 Å². The van der Waals surface area contributed by atoms with Gasteiger partial charge in [0.2, 0.25) is 12.0 Å². The molecule has 1 aromatic heterocycles. The number of phenols is 2. The smallest absolute Gasteiger partial charge is 0.401 e. The van der Waals surface area contributed by atoms with E-state index in [0.717, 1.165) is 0 Å². The van der Waals surface area contributed by atoms with E-state index >= 15 is 0 Å². The van der Waals surface area contributed by atoms with Gasteiger partial charge in [-0.15, -0.1) is 0 Å². The summed E-state index contributed by atoms with van der Waals surface area (Å²) in [6.45, 7) is -0.627. The van der Waals surface area contributed by atoms with Crippen LogP contribution < -0.4 is 4.74 Å². The van der Waals surface area contributed by atoms with Crippen molar-refractivity contribution in [2.75, 3.05) is 6.61 Å². The van der Waals surface area contributed by atoms with Crippen molar-refractivity contribution in [2.45, 2.75) is 30.7 Å². The summed E-state index contributed by atoms with van der Waals surface area (Å²) in [7, 11) is 0.